The Morgan fingerprint density at radius 2 is 2.00 bits per heavy atom. The lowest BCUT2D eigenvalue weighted by Gasteiger charge is -2.41. The van der Waals surface area contributed by atoms with Crippen LogP contribution in [0, 0.1) is 5.92 Å². The van der Waals surface area contributed by atoms with Gasteiger partial charge in [0, 0.05) is 51.2 Å². The summed E-state index contributed by atoms with van der Waals surface area (Å²) in [6, 6.07) is 2.67. The fourth-order valence-electron chi connectivity index (χ4n) is 4.37. The van der Waals surface area contributed by atoms with Gasteiger partial charge in [0.25, 0.3) is 0 Å². The second-order valence-electron chi connectivity index (χ2n) is 7.84. The zero-order chi connectivity index (χ0) is 17.5. The van der Waals surface area contributed by atoms with E-state index in [1.54, 1.807) is 0 Å². The minimum atomic E-state index is 0.504. The molecule has 0 bridgehead atoms. The van der Waals surface area contributed by atoms with Crippen molar-refractivity contribution >= 4 is 0 Å². The second kappa shape index (κ2) is 9.70. The van der Waals surface area contributed by atoms with E-state index in [1.807, 2.05) is 16.9 Å². The lowest BCUT2D eigenvalue weighted by molar-refractivity contribution is -0.0268. The maximum Gasteiger partial charge on any atom is 0.0601 e. The van der Waals surface area contributed by atoms with Gasteiger partial charge in [-0.3, -0.25) is 14.5 Å². The summed E-state index contributed by atoms with van der Waals surface area (Å²) < 4.78 is 8.28. The van der Waals surface area contributed by atoms with Crippen molar-refractivity contribution in [2.75, 3.05) is 39.3 Å². The van der Waals surface area contributed by atoms with Crippen LogP contribution in [0.1, 0.15) is 46.0 Å². The minimum Gasteiger partial charge on any atom is -0.377 e. The van der Waals surface area contributed by atoms with Crippen LogP contribution in [0.2, 0.25) is 0 Å². The molecule has 0 N–H and O–H groups in total. The van der Waals surface area contributed by atoms with Gasteiger partial charge in [-0.15, -0.1) is 0 Å². The first kappa shape index (κ1) is 18.9. The van der Waals surface area contributed by atoms with Crippen LogP contribution in [-0.4, -0.2) is 71.1 Å². The first-order chi connectivity index (χ1) is 12.3. The normalized spacial score (nSPS) is 29.1. The highest BCUT2D eigenvalue weighted by molar-refractivity contribution is 4.83. The lowest BCUT2D eigenvalue weighted by Crippen LogP contribution is -2.54. The van der Waals surface area contributed by atoms with Gasteiger partial charge >= 0.3 is 0 Å². The van der Waals surface area contributed by atoms with Crippen molar-refractivity contribution in [3.05, 3.63) is 18.5 Å². The van der Waals surface area contributed by atoms with Crippen LogP contribution < -0.4 is 0 Å². The SMILES string of the molecule is CCC1CN(CCn2cccn2)CCN1CCOC1CCCCC1C. The molecule has 1 aliphatic heterocycles. The molecular weight excluding hydrogens is 312 g/mol. The van der Waals surface area contributed by atoms with Crippen LogP contribution >= 0.6 is 0 Å². The van der Waals surface area contributed by atoms with Crippen molar-refractivity contribution in [1.29, 1.82) is 0 Å². The van der Waals surface area contributed by atoms with Crippen molar-refractivity contribution in [3.63, 3.8) is 0 Å². The average Bonchev–Trinajstić information content (AvgIpc) is 3.16. The molecule has 25 heavy (non-hydrogen) atoms. The number of hydrogen-bond donors (Lipinski definition) is 0. The van der Waals surface area contributed by atoms with E-state index in [9.17, 15) is 0 Å². The molecule has 5 heteroatoms. The summed E-state index contributed by atoms with van der Waals surface area (Å²) in [5.41, 5.74) is 0. The molecule has 0 radical (unpaired) electrons. The molecule has 2 fully saturated rings. The zero-order valence-corrected chi connectivity index (χ0v) is 16.1. The van der Waals surface area contributed by atoms with Crippen LogP contribution in [0.4, 0.5) is 0 Å². The van der Waals surface area contributed by atoms with E-state index < -0.39 is 0 Å². The van der Waals surface area contributed by atoms with Crippen molar-refractivity contribution in [2.24, 2.45) is 5.92 Å². The van der Waals surface area contributed by atoms with Crippen molar-refractivity contribution in [1.82, 2.24) is 19.6 Å². The van der Waals surface area contributed by atoms with Gasteiger partial charge in [0.15, 0.2) is 0 Å². The molecule has 0 aromatic carbocycles. The quantitative estimate of drug-likeness (QED) is 0.723. The summed E-state index contributed by atoms with van der Waals surface area (Å²) in [7, 11) is 0. The second-order valence-corrected chi connectivity index (χ2v) is 7.84. The summed E-state index contributed by atoms with van der Waals surface area (Å²) in [4.78, 5) is 5.24. The molecule has 3 rings (SSSR count). The van der Waals surface area contributed by atoms with Gasteiger partial charge in [0.05, 0.1) is 19.3 Å². The first-order valence-corrected chi connectivity index (χ1v) is 10.3. The molecule has 0 amide bonds. The molecule has 1 aliphatic carbocycles. The van der Waals surface area contributed by atoms with Crippen molar-refractivity contribution < 1.29 is 4.74 Å². The molecule has 1 saturated carbocycles. The van der Waals surface area contributed by atoms with Gasteiger partial charge in [-0.25, -0.2) is 0 Å². The van der Waals surface area contributed by atoms with Crippen LogP contribution in [0.15, 0.2) is 18.5 Å². The smallest absolute Gasteiger partial charge is 0.0601 e. The average molecular weight is 349 g/mol. The summed E-state index contributed by atoms with van der Waals surface area (Å²) in [5, 5.41) is 4.31. The van der Waals surface area contributed by atoms with Gasteiger partial charge in [0.2, 0.25) is 0 Å². The molecular formula is C20H36N4O. The van der Waals surface area contributed by atoms with Gasteiger partial charge in [-0.05, 0) is 31.2 Å². The maximum absolute atomic E-state index is 6.25. The number of aromatic nitrogens is 2. The Labute approximate surface area is 153 Å². The number of nitrogens with zero attached hydrogens (tertiary/aromatic N) is 4. The van der Waals surface area contributed by atoms with Gasteiger partial charge in [-0.1, -0.05) is 26.7 Å². The van der Waals surface area contributed by atoms with E-state index in [2.05, 4.69) is 34.9 Å². The van der Waals surface area contributed by atoms with E-state index in [4.69, 9.17) is 4.74 Å². The maximum atomic E-state index is 6.25. The van der Waals surface area contributed by atoms with Crippen LogP contribution in [-0.2, 0) is 11.3 Å². The topological polar surface area (TPSA) is 33.5 Å². The molecule has 142 valence electrons. The Morgan fingerprint density at radius 3 is 2.76 bits per heavy atom. The predicted octanol–water partition coefficient (Wildman–Crippen LogP) is 2.87. The third-order valence-corrected chi connectivity index (χ3v) is 6.11. The lowest BCUT2D eigenvalue weighted by atomic mass is 9.88. The molecule has 3 atom stereocenters. The standard InChI is InChI=1S/C20H36N4O/c1-3-19-17-22(12-14-24-10-6-9-21-24)11-13-23(19)15-16-25-20-8-5-4-7-18(20)2/h6,9-10,18-20H,3-5,7-8,11-17H2,1-2H3. The summed E-state index contributed by atoms with van der Waals surface area (Å²) in [5.74, 6) is 0.745. The summed E-state index contributed by atoms with van der Waals surface area (Å²) >= 11 is 0. The predicted molar refractivity (Wildman–Crippen MR) is 102 cm³/mol. The molecule has 0 spiro atoms. The molecule has 1 aromatic heterocycles. The van der Waals surface area contributed by atoms with E-state index in [1.165, 1.54) is 45.2 Å². The van der Waals surface area contributed by atoms with E-state index in [0.29, 0.717) is 12.1 Å². The fraction of sp³-hybridized carbons (Fsp3) is 0.850. The highest BCUT2D eigenvalue weighted by Crippen LogP contribution is 2.26. The molecule has 1 aromatic rings. The first-order valence-electron chi connectivity index (χ1n) is 10.3. The number of rotatable bonds is 8. The third kappa shape index (κ3) is 5.53. The Balaban J connectivity index is 1.37. The Kier molecular flexibility index (Phi) is 7.32. The van der Waals surface area contributed by atoms with E-state index in [0.717, 1.165) is 38.7 Å². The summed E-state index contributed by atoms with van der Waals surface area (Å²) in [6.45, 7) is 12.3. The molecule has 2 heterocycles. The highest BCUT2D eigenvalue weighted by atomic mass is 16.5. The van der Waals surface area contributed by atoms with Gasteiger partial charge in [-0.2, -0.15) is 5.10 Å². The largest absolute Gasteiger partial charge is 0.377 e. The third-order valence-electron chi connectivity index (χ3n) is 6.11. The summed E-state index contributed by atoms with van der Waals surface area (Å²) in [6.07, 6.45) is 11.0. The van der Waals surface area contributed by atoms with E-state index >= 15 is 0 Å². The monoisotopic (exact) mass is 348 g/mol. The number of ether oxygens (including phenoxy) is 1. The Morgan fingerprint density at radius 1 is 1.12 bits per heavy atom. The Hall–Kier alpha value is -0.910. The fourth-order valence-corrected chi connectivity index (χ4v) is 4.37. The van der Waals surface area contributed by atoms with Crippen molar-refractivity contribution in [2.45, 2.75) is 64.6 Å². The van der Waals surface area contributed by atoms with Crippen LogP contribution in [0.25, 0.3) is 0 Å². The highest BCUT2D eigenvalue weighted by Gasteiger charge is 2.26. The molecule has 1 saturated heterocycles. The van der Waals surface area contributed by atoms with E-state index in [-0.39, 0.29) is 0 Å². The molecule has 5 nitrogen and oxygen atoms in total. The van der Waals surface area contributed by atoms with Crippen LogP contribution in [0.3, 0.4) is 0 Å². The van der Waals surface area contributed by atoms with Gasteiger partial charge < -0.3 is 4.74 Å². The number of piperazine rings is 1. The van der Waals surface area contributed by atoms with Crippen LogP contribution in [0.5, 0.6) is 0 Å². The molecule has 3 unspecified atom stereocenters. The minimum absolute atomic E-state index is 0.504. The van der Waals surface area contributed by atoms with Gasteiger partial charge in [0.1, 0.15) is 0 Å². The van der Waals surface area contributed by atoms with Crippen molar-refractivity contribution in [3.8, 4) is 0 Å². The number of hydrogen-bond acceptors (Lipinski definition) is 4. The Bertz CT molecular complexity index is 478. The molecule has 2 aliphatic rings. The zero-order valence-electron chi connectivity index (χ0n) is 16.1.